The van der Waals surface area contributed by atoms with Crippen molar-refractivity contribution in [3.8, 4) is 11.3 Å². The highest BCUT2D eigenvalue weighted by Gasteiger charge is 2.46. The van der Waals surface area contributed by atoms with E-state index >= 15 is 0 Å². The number of hydrogen-bond acceptors (Lipinski definition) is 4. The molecule has 1 amide bonds. The third-order valence-electron chi connectivity index (χ3n) is 6.51. The summed E-state index contributed by atoms with van der Waals surface area (Å²) >= 11 is 0. The standard InChI is InChI=1S/C26H22N4O/c31-26(19-11-5-2-6-12-19)30-17-20-15-21(30)16-29(20)25-23-14-8-7-13-22(23)24(27-28-25)18-9-3-1-4-10-18/h1-14,20-21H,15-17H2. The highest BCUT2D eigenvalue weighted by molar-refractivity contribution is 6.00. The van der Waals surface area contributed by atoms with Gasteiger partial charge in [0.05, 0.1) is 12.1 Å². The van der Waals surface area contributed by atoms with Crippen molar-refractivity contribution in [2.45, 2.75) is 18.5 Å². The molecule has 2 atom stereocenters. The average Bonchev–Trinajstić information content (AvgIpc) is 3.45. The van der Waals surface area contributed by atoms with Gasteiger partial charge in [-0.3, -0.25) is 4.79 Å². The van der Waals surface area contributed by atoms with Gasteiger partial charge in [-0.2, -0.15) is 0 Å². The van der Waals surface area contributed by atoms with Gasteiger partial charge >= 0.3 is 0 Å². The molecule has 2 bridgehead atoms. The Kier molecular flexibility index (Phi) is 4.20. The Hall–Kier alpha value is -3.73. The van der Waals surface area contributed by atoms with Crippen LogP contribution >= 0.6 is 0 Å². The fourth-order valence-electron chi connectivity index (χ4n) is 5.03. The first-order valence-corrected chi connectivity index (χ1v) is 10.7. The Morgan fingerprint density at radius 2 is 1.42 bits per heavy atom. The number of aromatic nitrogens is 2. The third kappa shape index (κ3) is 2.96. The largest absolute Gasteiger partial charge is 0.348 e. The number of benzene rings is 3. The van der Waals surface area contributed by atoms with E-state index in [0.29, 0.717) is 0 Å². The first-order chi connectivity index (χ1) is 15.3. The van der Waals surface area contributed by atoms with Gasteiger partial charge in [-0.05, 0) is 18.6 Å². The molecule has 0 aliphatic carbocycles. The Morgan fingerprint density at radius 3 is 2.13 bits per heavy atom. The van der Waals surface area contributed by atoms with Gasteiger partial charge in [-0.15, -0.1) is 10.2 Å². The van der Waals surface area contributed by atoms with Crippen LogP contribution in [-0.2, 0) is 0 Å². The van der Waals surface area contributed by atoms with Crippen molar-refractivity contribution in [2.75, 3.05) is 18.0 Å². The zero-order valence-corrected chi connectivity index (χ0v) is 17.1. The van der Waals surface area contributed by atoms with E-state index in [0.717, 1.165) is 52.9 Å². The lowest BCUT2D eigenvalue weighted by molar-refractivity contribution is 0.0725. The summed E-state index contributed by atoms with van der Waals surface area (Å²) in [7, 11) is 0. The second-order valence-electron chi connectivity index (χ2n) is 8.30. The number of carbonyl (C=O) groups excluding carboxylic acids is 1. The predicted molar refractivity (Wildman–Crippen MR) is 122 cm³/mol. The number of carbonyl (C=O) groups is 1. The molecule has 1 aromatic heterocycles. The zero-order valence-electron chi connectivity index (χ0n) is 17.1. The second-order valence-corrected chi connectivity index (χ2v) is 8.30. The zero-order chi connectivity index (χ0) is 20.8. The number of piperazine rings is 1. The van der Waals surface area contributed by atoms with Crippen LogP contribution in [0, 0.1) is 0 Å². The van der Waals surface area contributed by atoms with E-state index in [4.69, 9.17) is 0 Å². The number of rotatable bonds is 3. The number of amides is 1. The SMILES string of the molecule is O=C(c1ccccc1)N1CC2CC1CN2c1nnc(-c2ccccc2)c2ccccc12. The summed E-state index contributed by atoms with van der Waals surface area (Å²) < 4.78 is 0. The number of fused-ring (bicyclic) bond motifs is 3. The summed E-state index contributed by atoms with van der Waals surface area (Å²) in [6.45, 7) is 1.53. The lowest BCUT2D eigenvalue weighted by Gasteiger charge is -2.35. The Balaban J connectivity index is 1.32. The van der Waals surface area contributed by atoms with Gasteiger partial charge in [0.1, 0.15) is 5.69 Å². The predicted octanol–water partition coefficient (Wildman–Crippen LogP) is 4.40. The topological polar surface area (TPSA) is 49.3 Å². The molecule has 2 saturated heterocycles. The lowest BCUT2D eigenvalue weighted by atomic mass is 10.0. The van der Waals surface area contributed by atoms with Crippen LogP contribution in [0.25, 0.3) is 22.0 Å². The smallest absolute Gasteiger partial charge is 0.254 e. The molecule has 152 valence electrons. The highest BCUT2D eigenvalue weighted by Crippen LogP contribution is 2.38. The molecule has 3 aromatic carbocycles. The van der Waals surface area contributed by atoms with Crippen molar-refractivity contribution >= 4 is 22.5 Å². The van der Waals surface area contributed by atoms with Gasteiger partial charge in [0, 0.05) is 35.0 Å². The third-order valence-corrected chi connectivity index (χ3v) is 6.51. The summed E-state index contributed by atoms with van der Waals surface area (Å²) in [4.78, 5) is 17.4. The van der Waals surface area contributed by atoms with E-state index in [1.807, 2.05) is 53.4 Å². The van der Waals surface area contributed by atoms with E-state index in [1.54, 1.807) is 0 Å². The minimum absolute atomic E-state index is 0.128. The minimum atomic E-state index is 0.128. The molecule has 2 unspecified atom stereocenters. The molecule has 2 aliphatic heterocycles. The molecule has 0 N–H and O–H groups in total. The molecule has 5 nitrogen and oxygen atoms in total. The molecule has 4 aromatic rings. The molecule has 0 saturated carbocycles. The van der Waals surface area contributed by atoms with Gasteiger partial charge in [-0.25, -0.2) is 0 Å². The molecule has 2 aliphatic rings. The van der Waals surface area contributed by atoms with Crippen molar-refractivity contribution < 1.29 is 4.79 Å². The van der Waals surface area contributed by atoms with Crippen molar-refractivity contribution in [3.05, 3.63) is 90.5 Å². The minimum Gasteiger partial charge on any atom is -0.348 e. The monoisotopic (exact) mass is 406 g/mol. The fraction of sp³-hybridized carbons (Fsp3) is 0.192. The van der Waals surface area contributed by atoms with Crippen molar-refractivity contribution in [3.63, 3.8) is 0 Å². The normalized spacial score (nSPS) is 19.9. The van der Waals surface area contributed by atoms with Crippen LogP contribution in [0.1, 0.15) is 16.8 Å². The van der Waals surface area contributed by atoms with Crippen LogP contribution < -0.4 is 4.90 Å². The van der Waals surface area contributed by atoms with Crippen LogP contribution in [0.3, 0.4) is 0 Å². The number of likely N-dealkylation sites (tertiary alicyclic amines) is 1. The molecular weight excluding hydrogens is 384 g/mol. The van der Waals surface area contributed by atoms with Crippen LogP contribution in [0.4, 0.5) is 5.82 Å². The lowest BCUT2D eigenvalue weighted by Crippen LogP contribution is -2.49. The van der Waals surface area contributed by atoms with Gasteiger partial charge in [0.15, 0.2) is 5.82 Å². The van der Waals surface area contributed by atoms with Gasteiger partial charge < -0.3 is 9.80 Å². The van der Waals surface area contributed by atoms with E-state index in [9.17, 15) is 4.79 Å². The molecule has 0 radical (unpaired) electrons. The maximum absolute atomic E-state index is 13.0. The first kappa shape index (κ1) is 18.1. The van der Waals surface area contributed by atoms with Crippen molar-refractivity contribution in [1.82, 2.24) is 15.1 Å². The molecule has 0 spiro atoms. The van der Waals surface area contributed by atoms with Gasteiger partial charge in [0.2, 0.25) is 0 Å². The van der Waals surface area contributed by atoms with E-state index in [-0.39, 0.29) is 18.0 Å². The summed E-state index contributed by atoms with van der Waals surface area (Å²) in [6, 6.07) is 28.6. The fourth-order valence-corrected chi connectivity index (χ4v) is 5.03. The van der Waals surface area contributed by atoms with Crippen LogP contribution in [0.2, 0.25) is 0 Å². The number of anilines is 1. The Labute approximate surface area is 180 Å². The van der Waals surface area contributed by atoms with Crippen LogP contribution in [0.5, 0.6) is 0 Å². The Morgan fingerprint density at radius 1 is 0.742 bits per heavy atom. The van der Waals surface area contributed by atoms with E-state index in [1.165, 1.54) is 0 Å². The molecule has 5 heteroatoms. The molecule has 6 rings (SSSR count). The molecular formula is C26H22N4O. The number of nitrogens with zero attached hydrogens (tertiary/aromatic N) is 4. The molecule has 3 heterocycles. The van der Waals surface area contributed by atoms with Crippen LogP contribution in [-0.4, -0.2) is 46.2 Å². The Bertz CT molecular complexity index is 1260. The number of hydrogen-bond donors (Lipinski definition) is 0. The summed E-state index contributed by atoms with van der Waals surface area (Å²) in [5.41, 5.74) is 2.74. The average molecular weight is 406 g/mol. The molecule has 2 fully saturated rings. The van der Waals surface area contributed by atoms with Crippen molar-refractivity contribution in [2.24, 2.45) is 0 Å². The molecule has 31 heavy (non-hydrogen) atoms. The maximum atomic E-state index is 13.0. The van der Waals surface area contributed by atoms with Gasteiger partial charge in [-0.1, -0.05) is 72.8 Å². The van der Waals surface area contributed by atoms with E-state index in [2.05, 4.69) is 51.5 Å². The quantitative estimate of drug-likeness (QED) is 0.506. The summed E-state index contributed by atoms with van der Waals surface area (Å²) in [6.07, 6.45) is 0.981. The van der Waals surface area contributed by atoms with E-state index < -0.39 is 0 Å². The second kappa shape index (κ2) is 7.20. The highest BCUT2D eigenvalue weighted by atomic mass is 16.2. The van der Waals surface area contributed by atoms with Crippen molar-refractivity contribution in [1.29, 1.82) is 0 Å². The first-order valence-electron chi connectivity index (χ1n) is 10.7. The summed E-state index contributed by atoms with van der Waals surface area (Å²) in [5, 5.41) is 11.5. The van der Waals surface area contributed by atoms with Gasteiger partial charge in [0.25, 0.3) is 5.91 Å². The van der Waals surface area contributed by atoms with Crippen LogP contribution in [0.15, 0.2) is 84.9 Å². The maximum Gasteiger partial charge on any atom is 0.254 e. The summed E-state index contributed by atoms with van der Waals surface area (Å²) in [5.74, 6) is 1.05.